The van der Waals surface area contributed by atoms with Crippen molar-refractivity contribution in [3.63, 3.8) is 0 Å². The maximum Gasteiger partial charge on any atom is 0.136 e. The van der Waals surface area contributed by atoms with Gasteiger partial charge in [-0.2, -0.15) is 0 Å². The van der Waals surface area contributed by atoms with E-state index in [9.17, 15) is 0 Å². The van der Waals surface area contributed by atoms with Crippen LogP contribution in [0.1, 0.15) is 40.4 Å². The molecule has 0 atom stereocenters. The largest absolute Gasteiger partial charge is 0.378 e. The maximum absolute atomic E-state index is 5.40. The van der Waals surface area contributed by atoms with E-state index in [0.29, 0.717) is 0 Å². The molecule has 0 aromatic carbocycles. The lowest BCUT2D eigenvalue weighted by atomic mass is 10.0. The molecule has 1 aromatic heterocycles. The van der Waals surface area contributed by atoms with E-state index in [1.54, 1.807) is 13.4 Å². The summed E-state index contributed by atoms with van der Waals surface area (Å²) < 4.78 is 7.49. The topological polar surface area (TPSA) is 39.9 Å². The SMILES string of the molecule is COC(C)(C)Cc1nncn1C(C)(C)C. The molecule has 0 N–H and O–H groups in total. The van der Waals surface area contributed by atoms with Crippen molar-refractivity contribution in [2.45, 2.75) is 52.2 Å². The first-order chi connectivity index (χ1) is 6.76. The van der Waals surface area contributed by atoms with Crippen molar-refractivity contribution in [2.75, 3.05) is 7.11 Å². The minimum absolute atomic E-state index is 0.0165. The van der Waals surface area contributed by atoms with Gasteiger partial charge in [0.2, 0.25) is 0 Å². The van der Waals surface area contributed by atoms with Gasteiger partial charge in [-0.15, -0.1) is 10.2 Å². The van der Waals surface area contributed by atoms with Crippen LogP contribution in [0.25, 0.3) is 0 Å². The summed E-state index contributed by atoms with van der Waals surface area (Å²) >= 11 is 0. The smallest absolute Gasteiger partial charge is 0.136 e. The third-order valence-corrected chi connectivity index (χ3v) is 2.48. The van der Waals surface area contributed by atoms with E-state index in [1.165, 1.54) is 0 Å². The lowest BCUT2D eigenvalue weighted by Gasteiger charge is -2.26. The van der Waals surface area contributed by atoms with Crippen molar-refractivity contribution in [1.82, 2.24) is 14.8 Å². The Morgan fingerprint density at radius 3 is 2.33 bits per heavy atom. The van der Waals surface area contributed by atoms with E-state index in [4.69, 9.17) is 4.74 Å². The van der Waals surface area contributed by atoms with Crippen molar-refractivity contribution in [3.05, 3.63) is 12.2 Å². The standard InChI is InChI=1S/C11H21N3O/c1-10(2,3)14-8-12-13-9(14)7-11(4,5)15-6/h8H,7H2,1-6H3. The summed E-state index contributed by atoms with van der Waals surface area (Å²) in [4.78, 5) is 0. The molecule has 1 rings (SSSR count). The van der Waals surface area contributed by atoms with Crippen LogP contribution in [0.3, 0.4) is 0 Å². The van der Waals surface area contributed by atoms with Crippen molar-refractivity contribution >= 4 is 0 Å². The molecule has 0 amide bonds. The zero-order valence-electron chi connectivity index (χ0n) is 10.5. The molecule has 15 heavy (non-hydrogen) atoms. The Hall–Kier alpha value is -0.900. The van der Waals surface area contributed by atoms with Crippen LogP contribution in [0.2, 0.25) is 0 Å². The molecule has 86 valence electrons. The molecule has 0 aliphatic rings. The molecular weight excluding hydrogens is 190 g/mol. The zero-order chi connectivity index (χ0) is 11.7. The van der Waals surface area contributed by atoms with Gasteiger partial charge in [0.1, 0.15) is 12.2 Å². The molecule has 0 aliphatic carbocycles. The van der Waals surface area contributed by atoms with Crippen LogP contribution in [0, 0.1) is 0 Å². The van der Waals surface area contributed by atoms with E-state index < -0.39 is 0 Å². The number of aromatic nitrogens is 3. The van der Waals surface area contributed by atoms with Crippen molar-refractivity contribution in [2.24, 2.45) is 0 Å². The van der Waals surface area contributed by atoms with Gasteiger partial charge in [0, 0.05) is 19.1 Å². The normalized spacial score (nSPS) is 13.2. The molecular formula is C11H21N3O. The summed E-state index contributed by atoms with van der Waals surface area (Å²) in [5.74, 6) is 0.967. The van der Waals surface area contributed by atoms with Crippen LogP contribution in [-0.2, 0) is 16.7 Å². The third kappa shape index (κ3) is 3.02. The van der Waals surface area contributed by atoms with Gasteiger partial charge in [0.15, 0.2) is 0 Å². The van der Waals surface area contributed by atoms with E-state index in [2.05, 4.69) is 49.4 Å². The fourth-order valence-electron chi connectivity index (χ4n) is 1.39. The number of hydrogen-bond donors (Lipinski definition) is 0. The van der Waals surface area contributed by atoms with Gasteiger partial charge in [0.05, 0.1) is 5.60 Å². The van der Waals surface area contributed by atoms with Crippen LogP contribution in [0.15, 0.2) is 6.33 Å². The molecule has 0 saturated carbocycles. The third-order valence-electron chi connectivity index (χ3n) is 2.48. The average molecular weight is 211 g/mol. The Balaban J connectivity index is 2.92. The zero-order valence-corrected chi connectivity index (χ0v) is 10.5. The first-order valence-corrected chi connectivity index (χ1v) is 5.21. The molecule has 0 bridgehead atoms. The second-order valence-corrected chi connectivity index (χ2v) is 5.43. The van der Waals surface area contributed by atoms with Crippen molar-refractivity contribution in [3.8, 4) is 0 Å². The molecule has 0 radical (unpaired) electrons. The highest BCUT2D eigenvalue weighted by molar-refractivity contribution is 4.96. The summed E-state index contributed by atoms with van der Waals surface area (Å²) in [6.07, 6.45) is 2.54. The van der Waals surface area contributed by atoms with Gasteiger partial charge >= 0.3 is 0 Å². The summed E-state index contributed by atoms with van der Waals surface area (Å²) in [6.45, 7) is 10.5. The molecule has 4 nitrogen and oxygen atoms in total. The molecule has 4 heteroatoms. The minimum atomic E-state index is -0.198. The van der Waals surface area contributed by atoms with E-state index >= 15 is 0 Å². The summed E-state index contributed by atoms with van der Waals surface area (Å²) in [6, 6.07) is 0. The molecule has 0 fully saturated rings. The second kappa shape index (κ2) is 3.93. The van der Waals surface area contributed by atoms with Gasteiger partial charge in [-0.3, -0.25) is 0 Å². The van der Waals surface area contributed by atoms with Gasteiger partial charge in [-0.25, -0.2) is 0 Å². The van der Waals surface area contributed by atoms with Crippen LogP contribution >= 0.6 is 0 Å². The molecule has 1 aromatic rings. The van der Waals surface area contributed by atoms with Crippen LogP contribution in [-0.4, -0.2) is 27.5 Å². The van der Waals surface area contributed by atoms with E-state index in [1.807, 2.05) is 0 Å². The first kappa shape index (κ1) is 12.2. The second-order valence-electron chi connectivity index (χ2n) is 5.43. The van der Waals surface area contributed by atoms with E-state index in [-0.39, 0.29) is 11.1 Å². The van der Waals surface area contributed by atoms with Crippen molar-refractivity contribution < 1.29 is 4.74 Å². The Morgan fingerprint density at radius 1 is 1.27 bits per heavy atom. The molecule has 1 heterocycles. The lowest BCUT2D eigenvalue weighted by Crippen LogP contribution is -2.31. The number of methoxy groups -OCH3 is 1. The fraction of sp³-hybridized carbons (Fsp3) is 0.818. The number of ether oxygens (including phenoxy) is 1. The van der Waals surface area contributed by atoms with E-state index in [0.717, 1.165) is 12.2 Å². The predicted molar refractivity (Wildman–Crippen MR) is 59.8 cm³/mol. The number of rotatable bonds is 3. The number of nitrogens with zero attached hydrogens (tertiary/aromatic N) is 3. The van der Waals surface area contributed by atoms with Gasteiger partial charge < -0.3 is 9.30 Å². The number of hydrogen-bond acceptors (Lipinski definition) is 3. The van der Waals surface area contributed by atoms with Gasteiger partial charge in [-0.1, -0.05) is 0 Å². The average Bonchev–Trinajstić information content (AvgIpc) is 2.50. The highest BCUT2D eigenvalue weighted by atomic mass is 16.5. The van der Waals surface area contributed by atoms with Crippen molar-refractivity contribution in [1.29, 1.82) is 0 Å². The highest BCUT2D eigenvalue weighted by Gasteiger charge is 2.24. The maximum atomic E-state index is 5.40. The minimum Gasteiger partial charge on any atom is -0.378 e. The fourth-order valence-corrected chi connectivity index (χ4v) is 1.39. The quantitative estimate of drug-likeness (QED) is 0.767. The molecule has 0 aliphatic heterocycles. The molecule has 0 saturated heterocycles. The molecule has 0 unspecified atom stereocenters. The van der Waals surface area contributed by atoms with Gasteiger partial charge in [-0.05, 0) is 34.6 Å². The lowest BCUT2D eigenvalue weighted by molar-refractivity contribution is 0.0202. The predicted octanol–water partition coefficient (Wildman–Crippen LogP) is 2.00. The summed E-state index contributed by atoms with van der Waals surface area (Å²) in [7, 11) is 1.72. The highest BCUT2D eigenvalue weighted by Crippen LogP contribution is 2.20. The molecule has 0 spiro atoms. The van der Waals surface area contributed by atoms with Gasteiger partial charge in [0.25, 0.3) is 0 Å². The van der Waals surface area contributed by atoms with Crippen LogP contribution in [0.5, 0.6) is 0 Å². The Morgan fingerprint density at radius 2 is 1.87 bits per heavy atom. The van der Waals surface area contributed by atoms with Crippen LogP contribution in [0.4, 0.5) is 0 Å². The Kier molecular flexibility index (Phi) is 3.19. The Labute approximate surface area is 91.7 Å². The summed E-state index contributed by atoms with van der Waals surface area (Å²) in [5.41, 5.74) is -0.182. The first-order valence-electron chi connectivity index (χ1n) is 5.21. The Bertz CT molecular complexity index is 323. The monoisotopic (exact) mass is 211 g/mol. The summed E-state index contributed by atoms with van der Waals surface area (Å²) in [5, 5.41) is 8.11. The van der Waals surface area contributed by atoms with Crippen LogP contribution < -0.4 is 0 Å².